The summed E-state index contributed by atoms with van der Waals surface area (Å²) in [6.45, 7) is 4.50. The van der Waals surface area contributed by atoms with Gasteiger partial charge in [0.2, 0.25) is 0 Å². The van der Waals surface area contributed by atoms with Gasteiger partial charge < -0.3 is 4.57 Å². The molecule has 0 aliphatic carbocycles. The van der Waals surface area contributed by atoms with Gasteiger partial charge in [-0.05, 0) is 38.1 Å². The highest BCUT2D eigenvalue weighted by Crippen LogP contribution is 2.27. The Morgan fingerprint density at radius 1 is 1.37 bits per heavy atom. The number of nitriles is 1. The third kappa shape index (κ3) is 4.38. The minimum atomic E-state index is -0.843. The number of hydrogen-bond donors (Lipinski definition) is 0. The number of thiazole rings is 1. The van der Waals surface area contributed by atoms with E-state index in [1.165, 1.54) is 23.1 Å². The molecular weight excluding hydrogens is 402 g/mol. The fourth-order valence-corrected chi connectivity index (χ4v) is 4.38. The number of hydrogen-bond acceptors (Lipinski definition) is 7. The summed E-state index contributed by atoms with van der Waals surface area (Å²) in [5.74, 6) is -0.174. The Labute approximate surface area is 170 Å². The smallest absolute Gasteiger partial charge is 0.191 e. The van der Waals surface area contributed by atoms with Crippen LogP contribution in [0.1, 0.15) is 23.5 Å². The van der Waals surface area contributed by atoms with E-state index in [0.29, 0.717) is 21.7 Å². The van der Waals surface area contributed by atoms with Crippen molar-refractivity contribution >= 4 is 40.5 Å². The number of thioether (sulfide) groups is 1. The molecule has 1 atom stereocenters. The number of Topliss-reactive ketones (excluding diaryl/α,β-unsaturated/α-hetero) is 1. The third-order valence-corrected chi connectivity index (χ3v) is 6.08. The van der Waals surface area contributed by atoms with E-state index in [1.807, 2.05) is 35.9 Å². The first-order valence-corrected chi connectivity index (χ1v) is 10.4. The van der Waals surface area contributed by atoms with Crippen LogP contribution in [-0.4, -0.2) is 31.3 Å². The monoisotopic (exact) mass is 417 g/mol. The summed E-state index contributed by atoms with van der Waals surface area (Å²) in [7, 11) is 0. The van der Waals surface area contributed by atoms with Gasteiger partial charge in [0.05, 0.1) is 11.8 Å². The molecule has 0 saturated carbocycles. The van der Waals surface area contributed by atoms with Crippen LogP contribution in [0.25, 0.3) is 11.4 Å². The van der Waals surface area contributed by atoms with Crippen LogP contribution in [0.15, 0.2) is 34.8 Å². The van der Waals surface area contributed by atoms with Gasteiger partial charge in [-0.1, -0.05) is 23.4 Å². The number of rotatable bonds is 7. The highest BCUT2D eigenvalue weighted by Gasteiger charge is 2.24. The van der Waals surface area contributed by atoms with E-state index in [2.05, 4.69) is 21.3 Å². The minimum absolute atomic E-state index is 0.135. The van der Waals surface area contributed by atoms with Gasteiger partial charge in [0.25, 0.3) is 0 Å². The van der Waals surface area contributed by atoms with E-state index in [1.54, 1.807) is 12.1 Å². The van der Waals surface area contributed by atoms with Crippen LogP contribution >= 0.6 is 34.7 Å². The maximum atomic E-state index is 12.5. The highest BCUT2D eigenvalue weighted by molar-refractivity contribution is 7.99. The average Bonchev–Trinajstić information content (AvgIpc) is 3.27. The first-order chi connectivity index (χ1) is 13.0. The molecule has 6 nitrogen and oxygen atoms in total. The second kappa shape index (κ2) is 8.65. The third-order valence-electron chi connectivity index (χ3n) is 3.81. The van der Waals surface area contributed by atoms with Gasteiger partial charge in [0.15, 0.2) is 22.7 Å². The molecule has 0 radical (unpaired) electrons. The Morgan fingerprint density at radius 3 is 2.70 bits per heavy atom. The molecule has 1 unspecified atom stereocenters. The van der Waals surface area contributed by atoms with E-state index < -0.39 is 5.92 Å². The maximum absolute atomic E-state index is 12.5. The van der Waals surface area contributed by atoms with E-state index in [9.17, 15) is 10.1 Å². The molecule has 0 amide bonds. The lowest BCUT2D eigenvalue weighted by molar-refractivity contribution is -0.116. The van der Waals surface area contributed by atoms with Gasteiger partial charge >= 0.3 is 0 Å². The first-order valence-electron chi connectivity index (χ1n) is 8.19. The van der Waals surface area contributed by atoms with Crippen LogP contribution in [0.2, 0.25) is 5.02 Å². The van der Waals surface area contributed by atoms with Crippen molar-refractivity contribution in [2.75, 3.05) is 5.75 Å². The van der Waals surface area contributed by atoms with E-state index in [-0.39, 0.29) is 11.5 Å². The summed E-state index contributed by atoms with van der Waals surface area (Å²) in [5, 5.41) is 21.5. The molecule has 2 heterocycles. The van der Waals surface area contributed by atoms with Crippen molar-refractivity contribution in [3.63, 3.8) is 0 Å². The molecule has 0 fully saturated rings. The van der Waals surface area contributed by atoms with Crippen LogP contribution in [0.5, 0.6) is 0 Å². The predicted molar refractivity (Wildman–Crippen MR) is 107 cm³/mol. The van der Waals surface area contributed by atoms with Crippen LogP contribution < -0.4 is 0 Å². The quantitative estimate of drug-likeness (QED) is 0.531. The predicted octanol–water partition coefficient (Wildman–Crippen LogP) is 4.35. The van der Waals surface area contributed by atoms with Gasteiger partial charge in [0, 0.05) is 28.2 Å². The second-order valence-electron chi connectivity index (χ2n) is 5.70. The fraction of sp³-hybridized carbons (Fsp3) is 0.278. The molecule has 3 aromatic rings. The Balaban J connectivity index is 1.75. The normalized spacial score (nSPS) is 11.9. The fourth-order valence-electron chi connectivity index (χ4n) is 2.48. The molecule has 1 aromatic carbocycles. The number of carbonyl (C=O) groups is 1. The Hall–Kier alpha value is -2.21. The molecule has 9 heteroatoms. The number of carbonyl (C=O) groups excluding carboxylic acids is 1. The van der Waals surface area contributed by atoms with E-state index >= 15 is 0 Å². The van der Waals surface area contributed by atoms with Crippen LogP contribution in [0.3, 0.4) is 0 Å². The van der Waals surface area contributed by atoms with Crippen molar-refractivity contribution in [3.05, 3.63) is 45.4 Å². The zero-order chi connectivity index (χ0) is 19.4. The average molecular weight is 418 g/mol. The lowest BCUT2D eigenvalue weighted by atomic mass is 10.1. The zero-order valence-electron chi connectivity index (χ0n) is 14.7. The highest BCUT2D eigenvalue weighted by atomic mass is 35.5. The Morgan fingerprint density at radius 2 is 2.11 bits per heavy atom. The molecule has 2 aromatic heterocycles. The van der Waals surface area contributed by atoms with Gasteiger partial charge in [-0.2, -0.15) is 5.26 Å². The SMILES string of the molecule is CCn1c(SCC(=O)C(C#N)c2nc(C)cs2)nnc1-c1ccc(Cl)cc1. The van der Waals surface area contributed by atoms with Crippen LogP contribution in [0.4, 0.5) is 0 Å². The number of nitrogens with zero attached hydrogens (tertiary/aromatic N) is 5. The van der Waals surface area contributed by atoms with Crippen molar-refractivity contribution in [3.8, 4) is 17.5 Å². The number of ketones is 1. The summed E-state index contributed by atoms with van der Waals surface area (Å²) in [4.78, 5) is 16.8. The summed E-state index contributed by atoms with van der Waals surface area (Å²) in [6.07, 6.45) is 0. The largest absolute Gasteiger partial charge is 0.302 e. The lowest BCUT2D eigenvalue weighted by Crippen LogP contribution is -2.13. The van der Waals surface area contributed by atoms with Crippen molar-refractivity contribution in [2.24, 2.45) is 0 Å². The molecule has 138 valence electrons. The Kier molecular flexibility index (Phi) is 6.26. The zero-order valence-corrected chi connectivity index (χ0v) is 17.1. The minimum Gasteiger partial charge on any atom is -0.302 e. The summed E-state index contributed by atoms with van der Waals surface area (Å²) in [5.41, 5.74) is 1.72. The van der Waals surface area contributed by atoms with E-state index in [0.717, 1.165) is 17.1 Å². The summed E-state index contributed by atoms with van der Waals surface area (Å²) < 4.78 is 1.94. The molecule has 0 N–H and O–H groups in total. The molecule has 0 spiro atoms. The Bertz CT molecular complexity index is 990. The van der Waals surface area contributed by atoms with Gasteiger partial charge in [0.1, 0.15) is 5.01 Å². The lowest BCUT2D eigenvalue weighted by Gasteiger charge is -2.08. The topological polar surface area (TPSA) is 84.5 Å². The number of halogens is 1. The van der Waals surface area contributed by atoms with Gasteiger partial charge in [-0.3, -0.25) is 4.79 Å². The van der Waals surface area contributed by atoms with Crippen molar-refractivity contribution < 1.29 is 4.79 Å². The molecule has 0 aliphatic heterocycles. The second-order valence-corrected chi connectivity index (χ2v) is 7.97. The number of aromatic nitrogens is 4. The molecule has 0 aliphatic rings. The molecule has 27 heavy (non-hydrogen) atoms. The first kappa shape index (κ1) is 19.5. The number of benzene rings is 1. The maximum Gasteiger partial charge on any atom is 0.191 e. The molecule has 0 saturated heterocycles. The van der Waals surface area contributed by atoms with Crippen molar-refractivity contribution in [1.82, 2.24) is 19.7 Å². The standard InChI is InChI=1S/C18H16ClN5OS2/c1-3-24-16(12-4-6-13(19)7-5-12)22-23-18(24)27-10-15(25)14(8-20)17-21-11(2)9-26-17/h4-7,9,14H,3,10H2,1-2H3. The van der Waals surface area contributed by atoms with Crippen LogP contribution in [0, 0.1) is 18.3 Å². The molecule has 0 bridgehead atoms. The molecule has 3 rings (SSSR count). The molecular formula is C18H16ClN5OS2. The van der Waals surface area contributed by atoms with E-state index in [4.69, 9.17) is 11.6 Å². The van der Waals surface area contributed by atoms with Crippen molar-refractivity contribution in [1.29, 1.82) is 5.26 Å². The van der Waals surface area contributed by atoms with Gasteiger partial charge in [-0.25, -0.2) is 4.98 Å². The number of aryl methyl sites for hydroxylation is 1. The van der Waals surface area contributed by atoms with Crippen molar-refractivity contribution in [2.45, 2.75) is 31.5 Å². The summed E-state index contributed by atoms with van der Waals surface area (Å²) >= 11 is 8.56. The van der Waals surface area contributed by atoms with Crippen LogP contribution in [-0.2, 0) is 11.3 Å². The van der Waals surface area contributed by atoms with Gasteiger partial charge in [-0.15, -0.1) is 21.5 Å². The summed E-state index contributed by atoms with van der Waals surface area (Å²) in [6, 6.07) is 9.43.